The molecule has 25 heavy (non-hydrogen) atoms. The normalized spacial score (nSPS) is 20.3. The van der Waals surface area contributed by atoms with Crippen molar-refractivity contribution in [2.45, 2.75) is 25.9 Å². The highest BCUT2D eigenvalue weighted by atomic mass is 19.1. The van der Waals surface area contributed by atoms with Gasteiger partial charge in [0.05, 0.1) is 12.1 Å². The molecular formula is C17H19F2N3O3. The average Bonchev–Trinajstić information content (AvgIpc) is 3.03. The summed E-state index contributed by atoms with van der Waals surface area (Å²) in [6.45, 7) is 3.54. The molecule has 8 heteroatoms. The van der Waals surface area contributed by atoms with Crippen molar-refractivity contribution in [1.29, 1.82) is 0 Å². The molecule has 0 radical (unpaired) electrons. The quantitative estimate of drug-likeness (QED) is 0.830. The number of nitrogens with zero attached hydrogens (tertiary/aromatic N) is 3. The summed E-state index contributed by atoms with van der Waals surface area (Å²) in [4.78, 5) is 32.3. The number of hydrogen-bond acceptors (Lipinski definition) is 4. The molecule has 1 atom stereocenters. The molecule has 1 unspecified atom stereocenters. The van der Waals surface area contributed by atoms with Crippen molar-refractivity contribution in [1.82, 2.24) is 9.80 Å². The molecule has 2 aliphatic rings. The number of rotatable bonds is 3. The zero-order chi connectivity index (χ0) is 18.0. The van der Waals surface area contributed by atoms with Crippen LogP contribution in [0, 0.1) is 11.6 Å². The first-order valence-corrected chi connectivity index (χ1v) is 8.15. The van der Waals surface area contributed by atoms with Crippen LogP contribution in [0.5, 0.6) is 0 Å². The molecule has 1 saturated heterocycles. The van der Waals surface area contributed by atoms with Crippen LogP contribution in [0.15, 0.2) is 23.4 Å². The van der Waals surface area contributed by atoms with E-state index >= 15 is 0 Å². The van der Waals surface area contributed by atoms with Crippen molar-refractivity contribution in [3.63, 3.8) is 0 Å². The molecule has 6 nitrogen and oxygen atoms in total. The van der Waals surface area contributed by atoms with Crippen LogP contribution in [0.25, 0.3) is 0 Å². The number of carbonyl (C=O) groups is 2. The van der Waals surface area contributed by atoms with Crippen molar-refractivity contribution in [3.05, 3.63) is 35.4 Å². The van der Waals surface area contributed by atoms with E-state index in [0.717, 1.165) is 12.1 Å². The zero-order valence-corrected chi connectivity index (χ0v) is 13.9. The summed E-state index contributed by atoms with van der Waals surface area (Å²) in [5.41, 5.74) is 0.558. The predicted molar refractivity (Wildman–Crippen MR) is 85.8 cm³/mol. The number of amides is 2. The number of carbonyl (C=O) groups excluding carboxylic acids is 2. The SMILES string of the molecule is CC(=O)N1CCN(C(=O)CC2CC(c3ccc(F)cc3F)=NO2)CC1. The highest BCUT2D eigenvalue weighted by molar-refractivity contribution is 6.01. The van der Waals surface area contributed by atoms with Gasteiger partial charge in [-0.15, -0.1) is 0 Å². The van der Waals surface area contributed by atoms with Crippen LogP contribution >= 0.6 is 0 Å². The van der Waals surface area contributed by atoms with E-state index < -0.39 is 17.7 Å². The first-order valence-electron chi connectivity index (χ1n) is 8.15. The van der Waals surface area contributed by atoms with Crippen LogP contribution in [-0.2, 0) is 14.4 Å². The molecule has 0 aliphatic carbocycles. The third-order valence-electron chi connectivity index (χ3n) is 4.46. The second-order valence-corrected chi connectivity index (χ2v) is 6.18. The molecule has 2 amide bonds. The number of halogens is 2. The summed E-state index contributed by atoms with van der Waals surface area (Å²) in [6.07, 6.45) is -0.0322. The standard InChI is InChI=1S/C17H19F2N3O3/c1-11(23)21-4-6-22(7-5-21)17(24)10-13-9-16(20-25-13)14-3-2-12(18)8-15(14)19/h2-3,8,13H,4-7,9-10H2,1H3. The van der Waals surface area contributed by atoms with E-state index in [1.807, 2.05) is 0 Å². The van der Waals surface area contributed by atoms with Crippen molar-refractivity contribution >= 4 is 17.5 Å². The van der Waals surface area contributed by atoms with Gasteiger partial charge in [-0.2, -0.15) is 0 Å². The molecule has 0 bridgehead atoms. The third-order valence-corrected chi connectivity index (χ3v) is 4.46. The van der Waals surface area contributed by atoms with Crippen LogP contribution < -0.4 is 0 Å². The Labute approximate surface area is 144 Å². The molecule has 1 aromatic carbocycles. The number of piperazine rings is 1. The molecule has 0 N–H and O–H groups in total. The Kier molecular flexibility index (Phi) is 4.96. The maximum absolute atomic E-state index is 13.8. The Hall–Kier alpha value is -2.51. The lowest BCUT2D eigenvalue weighted by atomic mass is 10.0. The first kappa shape index (κ1) is 17.3. The summed E-state index contributed by atoms with van der Waals surface area (Å²) in [5, 5.41) is 3.84. The number of benzene rings is 1. The van der Waals surface area contributed by atoms with Crippen molar-refractivity contribution in [2.24, 2.45) is 5.16 Å². The van der Waals surface area contributed by atoms with Gasteiger partial charge in [0.15, 0.2) is 0 Å². The Morgan fingerprint density at radius 1 is 1.20 bits per heavy atom. The molecule has 1 fully saturated rings. The van der Waals surface area contributed by atoms with Gasteiger partial charge < -0.3 is 14.6 Å². The molecule has 2 heterocycles. The smallest absolute Gasteiger partial charge is 0.226 e. The van der Waals surface area contributed by atoms with E-state index in [4.69, 9.17) is 4.84 Å². The van der Waals surface area contributed by atoms with Crippen molar-refractivity contribution in [2.75, 3.05) is 26.2 Å². The maximum atomic E-state index is 13.8. The molecule has 2 aliphatic heterocycles. The zero-order valence-electron chi connectivity index (χ0n) is 13.9. The minimum atomic E-state index is -0.699. The number of oxime groups is 1. The third kappa shape index (κ3) is 3.94. The maximum Gasteiger partial charge on any atom is 0.226 e. The molecule has 1 aromatic rings. The van der Waals surface area contributed by atoms with E-state index in [2.05, 4.69) is 5.16 Å². The molecular weight excluding hydrogens is 332 g/mol. The number of hydrogen-bond donors (Lipinski definition) is 0. The molecule has 0 aromatic heterocycles. The summed E-state index contributed by atoms with van der Waals surface area (Å²) < 4.78 is 26.8. The fourth-order valence-corrected chi connectivity index (χ4v) is 3.02. The van der Waals surface area contributed by atoms with Gasteiger partial charge in [0, 0.05) is 51.2 Å². The Balaban J connectivity index is 1.52. The minimum Gasteiger partial charge on any atom is -0.391 e. The highest BCUT2D eigenvalue weighted by Gasteiger charge is 2.29. The van der Waals surface area contributed by atoms with Crippen molar-refractivity contribution < 1.29 is 23.2 Å². The highest BCUT2D eigenvalue weighted by Crippen LogP contribution is 2.22. The fraction of sp³-hybridized carbons (Fsp3) is 0.471. The molecule has 0 spiro atoms. The summed E-state index contributed by atoms with van der Waals surface area (Å²) in [7, 11) is 0. The minimum absolute atomic E-state index is 0.00518. The Bertz CT molecular complexity index is 715. The van der Waals surface area contributed by atoms with E-state index in [0.29, 0.717) is 38.3 Å². The lowest BCUT2D eigenvalue weighted by Crippen LogP contribution is -2.50. The van der Waals surface area contributed by atoms with Crippen LogP contribution in [0.3, 0.4) is 0 Å². The van der Waals surface area contributed by atoms with Gasteiger partial charge in [-0.1, -0.05) is 5.16 Å². The van der Waals surface area contributed by atoms with Gasteiger partial charge in [-0.25, -0.2) is 8.78 Å². The Morgan fingerprint density at radius 3 is 2.52 bits per heavy atom. The van der Waals surface area contributed by atoms with Gasteiger partial charge in [-0.05, 0) is 12.1 Å². The van der Waals surface area contributed by atoms with Crippen LogP contribution in [0.1, 0.15) is 25.3 Å². The van der Waals surface area contributed by atoms with Crippen molar-refractivity contribution in [3.8, 4) is 0 Å². The monoisotopic (exact) mass is 351 g/mol. The van der Waals surface area contributed by atoms with E-state index in [1.54, 1.807) is 9.80 Å². The van der Waals surface area contributed by atoms with Gasteiger partial charge in [0.2, 0.25) is 11.8 Å². The fourth-order valence-electron chi connectivity index (χ4n) is 3.02. The van der Waals surface area contributed by atoms with Gasteiger partial charge in [-0.3, -0.25) is 9.59 Å². The largest absolute Gasteiger partial charge is 0.391 e. The average molecular weight is 351 g/mol. The lowest BCUT2D eigenvalue weighted by molar-refractivity contribution is -0.140. The van der Waals surface area contributed by atoms with Gasteiger partial charge >= 0.3 is 0 Å². The summed E-state index contributed by atoms with van der Waals surface area (Å²) in [6, 6.07) is 3.27. The summed E-state index contributed by atoms with van der Waals surface area (Å²) >= 11 is 0. The van der Waals surface area contributed by atoms with E-state index in [-0.39, 0.29) is 23.8 Å². The Morgan fingerprint density at radius 2 is 1.88 bits per heavy atom. The second kappa shape index (κ2) is 7.16. The first-order chi connectivity index (χ1) is 11.9. The van der Waals surface area contributed by atoms with E-state index in [9.17, 15) is 18.4 Å². The summed E-state index contributed by atoms with van der Waals surface area (Å²) in [5.74, 6) is -1.43. The van der Waals surface area contributed by atoms with Crippen LogP contribution in [0.2, 0.25) is 0 Å². The van der Waals surface area contributed by atoms with Crippen LogP contribution in [-0.4, -0.2) is 59.6 Å². The molecule has 3 rings (SSSR count). The molecule has 0 saturated carbocycles. The predicted octanol–water partition coefficient (Wildman–Crippen LogP) is 1.54. The van der Waals surface area contributed by atoms with Gasteiger partial charge in [0.25, 0.3) is 0 Å². The topological polar surface area (TPSA) is 62.2 Å². The lowest BCUT2D eigenvalue weighted by Gasteiger charge is -2.34. The van der Waals surface area contributed by atoms with E-state index in [1.165, 1.54) is 13.0 Å². The van der Waals surface area contributed by atoms with Gasteiger partial charge in [0.1, 0.15) is 17.7 Å². The molecule has 134 valence electrons. The second-order valence-electron chi connectivity index (χ2n) is 6.18. The van der Waals surface area contributed by atoms with Crippen LogP contribution in [0.4, 0.5) is 8.78 Å².